The summed E-state index contributed by atoms with van der Waals surface area (Å²) in [5.41, 5.74) is 0.629. The molecular formula is C24H24F3N3O. The van der Waals surface area contributed by atoms with Crippen molar-refractivity contribution in [2.75, 3.05) is 18.4 Å². The summed E-state index contributed by atoms with van der Waals surface area (Å²) in [5.74, 6) is 1.09. The molecule has 1 N–H and O–H groups in total. The van der Waals surface area contributed by atoms with Crippen molar-refractivity contribution in [2.45, 2.75) is 26.4 Å². The van der Waals surface area contributed by atoms with Crippen molar-refractivity contribution < 1.29 is 18.0 Å². The van der Waals surface area contributed by atoms with Crippen molar-refractivity contribution in [3.05, 3.63) is 65.7 Å². The van der Waals surface area contributed by atoms with Gasteiger partial charge in [-0.25, -0.2) is 4.98 Å². The monoisotopic (exact) mass is 427 g/mol. The summed E-state index contributed by atoms with van der Waals surface area (Å²) in [6, 6.07) is 13.9. The van der Waals surface area contributed by atoms with Crippen LogP contribution in [0.2, 0.25) is 0 Å². The molecule has 1 aliphatic heterocycles. The smallest absolute Gasteiger partial charge is 0.340 e. The molecule has 1 aliphatic rings. The number of nitrogens with one attached hydrogen (secondary N) is 1. The number of halogens is 3. The molecule has 7 heteroatoms. The van der Waals surface area contributed by atoms with E-state index < -0.39 is 11.7 Å². The summed E-state index contributed by atoms with van der Waals surface area (Å²) in [6.07, 6.45) is -3.35. The molecule has 162 valence electrons. The van der Waals surface area contributed by atoms with Crippen LogP contribution in [0.5, 0.6) is 0 Å². The third-order valence-corrected chi connectivity index (χ3v) is 5.56. The van der Waals surface area contributed by atoms with Gasteiger partial charge in [-0.15, -0.1) is 0 Å². The van der Waals surface area contributed by atoms with Crippen molar-refractivity contribution in [1.29, 1.82) is 0 Å². The van der Waals surface area contributed by atoms with Crippen LogP contribution >= 0.6 is 0 Å². The van der Waals surface area contributed by atoms with Gasteiger partial charge in [0.05, 0.1) is 16.6 Å². The number of anilines is 2. The van der Waals surface area contributed by atoms with E-state index in [0.29, 0.717) is 41.8 Å². The van der Waals surface area contributed by atoms with Crippen molar-refractivity contribution >= 4 is 28.3 Å². The van der Waals surface area contributed by atoms with E-state index >= 15 is 0 Å². The highest BCUT2D eigenvalue weighted by molar-refractivity contribution is 6.07. The fourth-order valence-electron chi connectivity index (χ4n) is 4.34. The Labute approximate surface area is 179 Å². The van der Waals surface area contributed by atoms with Crippen LogP contribution in [0.15, 0.2) is 54.6 Å². The van der Waals surface area contributed by atoms with Crippen LogP contribution in [-0.2, 0) is 6.18 Å². The molecule has 31 heavy (non-hydrogen) atoms. The number of fused-ring (bicyclic) bond motifs is 1. The molecule has 4 rings (SSSR count). The van der Waals surface area contributed by atoms with Crippen molar-refractivity contribution in [1.82, 2.24) is 9.88 Å². The van der Waals surface area contributed by atoms with Gasteiger partial charge in [-0.1, -0.05) is 38.1 Å². The molecule has 0 bridgehead atoms. The minimum Gasteiger partial charge on any atom is -0.340 e. The number of rotatable bonds is 3. The Hall–Kier alpha value is -3.09. The zero-order valence-electron chi connectivity index (χ0n) is 17.4. The Kier molecular flexibility index (Phi) is 5.60. The van der Waals surface area contributed by atoms with Crippen LogP contribution in [-0.4, -0.2) is 28.9 Å². The molecule has 2 atom stereocenters. The van der Waals surface area contributed by atoms with E-state index in [-0.39, 0.29) is 11.6 Å². The highest BCUT2D eigenvalue weighted by atomic mass is 19.4. The lowest BCUT2D eigenvalue weighted by atomic mass is 9.91. The molecule has 0 aliphatic carbocycles. The van der Waals surface area contributed by atoms with Gasteiger partial charge in [0, 0.05) is 24.2 Å². The van der Waals surface area contributed by atoms with Crippen LogP contribution in [0.4, 0.5) is 24.7 Å². The first-order chi connectivity index (χ1) is 14.7. The van der Waals surface area contributed by atoms with Gasteiger partial charge in [0.25, 0.3) is 5.91 Å². The van der Waals surface area contributed by atoms with Gasteiger partial charge in [0.15, 0.2) is 0 Å². The summed E-state index contributed by atoms with van der Waals surface area (Å²) in [4.78, 5) is 19.8. The number of hydrogen-bond donors (Lipinski definition) is 1. The van der Waals surface area contributed by atoms with Crippen LogP contribution in [0.25, 0.3) is 10.9 Å². The molecule has 0 saturated carbocycles. The van der Waals surface area contributed by atoms with E-state index in [2.05, 4.69) is 24.1 Å². The number of pyridine rings is 1. The topological polar surface area (TPSA) is 45.2 Å². The Morgan fingerprint density at radius 1 is 1.03 bits per heavy atom. The first-order valence-corrected chi connectivity index (χ1v) is 10.3. The molecule has 1 saturated heterocycles. The Balaban J connectivity index is 1.71. The summed E-state index contributed by atoms with van der Waals surface area (Å²) < 4.78 is 39.2. The average molecular weight is 427 g/mol. The Bertz CT molecular complexity index is 1100. The first kappa shape index (κ1) is 21.2. The number of alkyl halides is 3. The van der Waals surface area contributed by atoms with Gasteiger partial charge in [-0.05, 0) is 48.6 Å². The van der Waals surface area contributed by atoms with Crippen LogP contribution in [0, 0.1) is 11.8 Å². The van der Waals surface area contributed by atoms with E-state index in [4.69, 9.17) is 0 Å². The van der Waals surface area contributed by atoms with E-state index in [0.717, 1.165) is 23.9 Å². The van der Waals surface area contributed by atoms with E-state index in [1.165, 1.54) is 6.07 Å². The van der Waals surface area contributed by atoms with Crippen LogP contribution < -0.4 is 5.32 Å². The average Bonchev–Trinajstić information content (AvgIpc) is 2.71. The number of aromatic nitrogens is 1. The maximum absolute atomic E-state index is 13.4. The van der Waals surface area contributed by atoms with Crippen molar-refractivity contribution in [3.63, 3.8) is 0 Å². The zero-order chi connectivity index (χ0) is 22.2. The summed E-state index contributed by atoms with van der Waals surface area (Å²) in [6.45, 7) is 5.66. The lowest BCUT2D eigenvalue weighted by Gasteiger charge is -2.35. The number of carbonyl (C=O) groups is 1. The van der Waals surface area contributed by atoms with Gasteiger partial charge in [-0.2, -0.15) is 13.2 Å². The van der Waals surface area contributed by atoms with Crippen molar-refractivity contribution in [2.24, 2.45) is 11.8 Å². The molecule has 1 aromatic heterocycles. The zero-order valence-corrected chi connectivity index (χ0v) is 17.4. The molecular weight excluding hydrogens is 403 g/mol. The number of carbonyl (C=O) groups excluding carboxylic acids is 1. The molecule has 2 heterocycles. The highest BCUT2D eigenvalue weighted by Crippen LogP contribution is 2.32. The third kappa shape index (κ3) is 4.65. The standard InChI is InChI=1S/C24H24F3N3O/c1-15-10-16(2)14-30(13-15)23(31)20-12-22(29-21-9-4-3-8-19(20)21)28-18-7-5-6-17(11-18)24(25,26)27/h3-9,11-12,15-16H,10,13-14H2,1-2H3,(H,28,29)/t15-,16-/m0/s1. The summed E-state index contributed by atoms with van der Waals surface area (Å²) in [5, 5.41) is 3.67. The van der Waals surface area contributed by atoms with E-state index in [1.54, 1.807) is 18.2 Å². The van der Waals surface area contributed by atoms with Crippen LogP contribution in [0.1, 0.15) is 36.2 Å². The SMILES string of the molecule is C[C@H]1C[C@H](C)CN(C(=O)c2cc(Nc3cccc(C(F)(F)F)c3)nc3ccccc23)C1. The third-order valence-electron chi connectivity index (χ3n) is 5.56. The fraction of sp³-hybridized carbons (Fsp3) is 0.333. The Morgan fingerprint density at radius 2 is 1.74 bits per heavy atom. The fourth-order valence-corrected chi connectivity index (χ4v) is 4.34. The van der Waals surface area contributed by atoms with Crippen LogP contribution in [0.3, 0.4) is 0 Å². The summed E-state index contributed by atoms with van der Waals surface area (Å²) >= 11 is 0. The highest BCUT2D eigenvalue weighted by Gasteiger charge is 2.30. The van der Waals surface area contributed by atoms with Gasteiger partial charge in [0.2, 0.25) is 0 Å². The van der Waals surface area contributed by atoms with Gasteiger partial charge >= 0.3 is 6.18 Å². The molecule has 1 amide bonds. The number of amides is 1. The lowest BCUT2D eigenvalue weighted by Crippen LogP contribution is -2.42. The van der Waals surface area contributed by atoms with Gasteiger partial charge < -0.3 is 10.2 Å². The molecule has 4 nitrogen and oxygen atoms in total. The number of benzene rings is 2. The van der Waals surface area contributed by atoms with E-state index in [9.17, 15) is 18.0 Å². The van der Waals surface area contributed by atoms with Gasteiger partial charge in [0.1, 0.15) is 5.82 Å². The molecule has 2 aromatic carbocycles. The molecule has 3 aromatic rings. The number of nitrogens with zero attached hydrogens (tertiary/aromatic N) is 2. The predicted molar refractivity (Wildman–Crippen MR) is 115 cm³/mol. The van der Waals surface area contributed by atoms with E-state index in [1.807, 2.05) is 23.1 Å². The first-order valence-electron chi connectivity index (χ1n) is 10.3. The maximum Gasteiger partial charge on any atom is 0.416 e. The second-order valence-corrected chi connectivity index (χ2v) is 8.43. The number of para-hydroxylation sites is 1. The lowest BCUT2D eigenvalue weighted by molar-refractivity contribution is -0.137. The minimum absolute atomic E-state index is 0.0795. The van der Waals surface area contributed by atoms with Crippen molar-refractivity contribution in [3.8, 4) is 0 Å². The molecule has 1 fully saturated rings. The maximum atomic E-state index is 13.4. The second kappa shape index (κ2) is 8.21. The molecule has 0 spiro atoms. The number of piperidine rings is 1. The predicted octanol–water partition coefficient (Wildman–Crippen LogP) is 6.12. The summed E-state index contributed by atoms with van der Waals surface area (Å²) in [7, 11) is 0. The number of likely N-dealkylation sites (tertiary alicyclic amines) is 1. The molecule has 0 unspecified atom stereocenters. The quantitative estimate of drug-likeness (QED) is 0.548. The second-order valence-electron chi connectivity index (χ2n) is 8.43. The van der Waals surface area contributed by atoms with Gasteiger partial charge in [-0.3, -0.25) is 4.79 Å². The normalized spacial score (nSPS) is 19.5. The number of hydrogen-bond acceptors (Lipinski definition) is 3. The molecule has 0 radical (unpaired) electrons. The minimum atomic E-state index is -4.43. The largest absolute Gasteiger partial charge is 0.416 e. The Morgan fingerprint density at radius 3 is 2.45 bits per heavy atom.